The minimum Gasteiger partial charge on any atom is -0.361 e. The van der Waals surface area contributed by atoms with Crippen LogP contribution in [0.3, 0.4) is 0 Å². The molecule has 0 saturated carbocycles. The molecule has 0 aliphatic heterocycles. The Labute approximate surface area is 150 Å². The van der Waals surface area contributed by atoms with E-state index in [4.69, 9.17) is 4.52 Å². The molecule has 4 aromatic rings. The van der Waals surface area contributed by atoms with Gasteiger partial charge < -0.3 is 14.2 Å². The fourth-order valence-corrected chi connectivity index (χ4v) is 2.80. The van der Waals surface area contributed by atoms with Crippen LogP contribution < -0.4 is 5.32 Å². The van der Waals surface area contributed by atoms with Crippen LogP contribution in [0.15, 0.2) is 53.3 Å². The first kappa shape index (κ1) is 16.1. The second-order valence-corrected chi connectivity index (χ2v) is 6.40. The van der Waals surface area contributed by atoms with E-state index in [-0.39, 0.29) is 11.6 Å². The number of aryl methyl sites for hydroxylation is 3. The summed E-state index contributed by atoms with van der Waals surface area (Å²) in [6, 6.07) is 11.6. The number of anilines is 1. The van der Waals surface area contributed by atoms with Crippen LogP contribution in [0.4, 0.5) is 5.69 Å². The predicted molar refractivity (Wildman–Crippen MR) is 99.3 cm³/mol. The van der Waals surface area contributed by atoms with Gasteiger partial charge in [-0.05, 0) is 50.1 Å². The van der Waals surface area contributed by atoms with E-state index in [1.165, 1.54) is 0 Å². The van der Waals surface area contributed by atoms with Gasteiger partial charge in [0.15, 0.2) is 5.69 Å². The lowest BCUT2D eigenvalue weighted by atomic mass is 10.1. The number of amides is 1. The largest absolute Gasteiger partial charge is 0.361 e. The molecule has 1 amide bonds. The van der Waals surface area contributed by atoms with E-state index >= 15 is 0 Å². The second kappa shape index (κ2) is 6.15. The Bertz CT molecular complexity index is 1120. The molecule has 6 heteroatoms. The predicted octanol–water partition coefficient (Wildman–Crippen LogP) is 4.17. The number of nitrogens with one attached hydrogen (secondary N) is 1. The second-order valence-electron chi connectivity index (χ2n) is 6.40. The molecule has 0 radical (unpaired) electrons. The molecule has 0 fully saturated rings. The van der Waals surface area contributed by atoms with E-state index in [0.717, 1.165) is 33.7 Å². The number of imidazole rings is 1. The monoisotopic (exact) mass is 346 g/mol. The molecule has 0 bridgehead atoms. The zero-order chi connectivity index (χ0) is 18.3. The zero-order valence-corrected chi connectivity index (χ0v) is 14.8. The molecular weight excluding hydrogens is 328 g/mol. The number of rotatable bonds is 3. The van der Waals surface area contributed by atoms with E-state index in [1.807, 2.05) is 61.0 Å². The van der Waals surface area contributed by atoms with Crippen molar-refractivity contribution in [3.63, 3.8) is 0 Å². The highest BCUT2D eigenvalue weighted by molar-refractivity contribution is 6.03. The summed E-state index contributed by atoms with van der Waals surface area (Å²) in [5.41, 5.74) is 5.78. The van der Waals surface area contributed by atoms with Crippen molar-refractivity contribution in [3.05, 3.63) is 71.4 Å². The molecule has 26 heavy (non-hydrogen) atoms. The first-order chi connectivity index (χ1) is 12.5. The summed E-state index contributed by atoms with van der Waals surface area (Å²) in [5.74, 6) is 0.299. The number of aromatic nitrogens is 3. The van der Waals surface area contributed by atoms with Crippen molar-refractivity contribution >= 4 is 17.2 Å². The SMILES string of the molecule is Cc1ccn2cc(-c3ccc(C)c(NC(=O)c4cc(C)on4)c3)nc2c1. The Morgan fingerprint density at radius 3 is 2.73 bits per heavy atom. The molecule has 1 N–H and O–H groups in total. The standard InChI is InChI=1S/C20H18N4O2/c1-12-6-7-24-11-18(21-19(24)8-12)15-5-4-13(2)16(10-15)22-20(25)17-9-14(3)26-23-17/h4-11H,1-3H3,(H,22,25). The van der Waals surface area contributed by atoms with E-state index < -0.39 is 0 Å². The first-order valence-corrected chi connectivity index (χ1v) is 8.31. The summed E-state index contributed by atoms with van der Waals surface area (Å²) in [4.78, 5) is 17.0. The summed E-state index contributed by atoms with van der Waals surface area (Å²) < 4.78 is 6.95. The topological polar surface area (TPSA) is 72.4 Å². The Balaban J connectivity index is 1.67. The van der Waals surface area contributed by atoms with Gasteiger partial charge in [0, 0.05) is 29.7 Å². The van der Waals surface area contributed by atoms with E-state index in [1.54, 1.807) is 13.0 Å². The van der Waals surface area contributed by atoms with E-state index in [0.29, 0.717) is 5.76 Å². The molecular formula is C20H18N4O2. The maximum Gasteiger partial charge on any atom is 0.277 e. The summed E-state index contributed by atoms with van der Waals surface area (Å²) in [6.45, 7) is 5.74. The summed E-state index contributed by atoms with van der Waals surface area (Å²) in [5, 5.41) is 6.65. The van der Waals surface area contributed by atoms with Crippen LogP contribution in [-0.2, 0) is 0 Å². The maximum absolute atomic E-state index is 12.4. The van der Waals surface area contributed by atoms with Gasteiger partial charge in [-0.25, -0.2) is 4.98 Å². The number of pyridine rings is 1. The van der Waals surface area contributed by atoms with Crippen molar-refractivity contribution in [1.29, 1.82) is 0 Å². The number of carbonyl (C=O) groups excluding carboxylic acids is 1. The van der Waals surface area contributed by atoms with Crippen molar-refractivity contribution in [2.45, 2.75) is 20.8 Å². The molecule has 0 aliphatic carbocycles. The van der Waals surface area contributed by atoms with Gasteiger partial charge in [-0.3, -0.25) is 4.79 Å². The third-order valence-corrected chi connectivity index (χ3v) is 4.26. The highest BCUT2D eigenvalue weighted by Gasteiger charge is 2.13. The molecule has 0 spiro atoms. The minimum absolute atomic E-state index is 0.260. The average Bonchev–Trinajstić information content (AvgIpc) is 3.22. The van der Waals surface area contributed by atoms with Crippen LogP contribution in [0.25, 0.3) is 16.9 Å². The molecule has 3 heterocycles. The third-order valence-electron chi connectivity index (χ3n) is 4.26. The van der Waals surface area contributed by atoms with Gasteiger partial charge in [0.25, 0.3) is 5.91 Å². The molecule has 0 unspecified atom stereocenters. The Morgan fingerprint density at radius 1 is 1.12 bits per heavy atom. The van der Waals surface area contributed by atoms with Gasteiger partial charge in [-0.15, -0.1) is 0 Å². The molecule has 6 nitrogen and oxygen atoms in total. The normalized spacial score (nSPS) is 11.0. The molecule has 0 aliphatic rings. The Hall–Kier alpha value is -3.41. The molecule has 130 valence electrons. The van der Waals surface area contributed by atoms with Crippen molar-refractivity contribution < 1.29 is 9.32 Å². The highest BCUT2D eigenvalue weighted by atomic mass is 16.5. The van der Waals surface area contributed by atoms with Crippen molar-refractivity contribution in [2.24, 2.45) is 0 Å². The number of carbonyl (C=O) groups is 1. The Kier molecular flexibility index (Phi) is 3.80. The fraction of sp³-hybridized carbons (Fsp3) is 0.150. The lowest BCUT2D eigenvalue weighted by molar-refractivity contribution is 0.101. The fourth-order valence-electron chi connectivity index (χ4n) is 2.80. The number of hydrogen-bond donors (Lipinski definition) is 1. The summed E-state index contributed by atoms with van der Waals surface area (Å²) >= 11 is 0. The third kappa shape index (κ3) is 2.97. The number of fused-ring (bicyclic) bond motifs is 1. The van der Waals surface area contributed by atoms with E-state index in [9.17, 15) is 4.79 Å². The average molecular weight is 346 g/mol. The quantitative estimate of drug-likeness (QED) is 0.604. The zero-order valence-electron chi connectivity index (χ0n) is 14.8. The van der Waals surface area contributed by atoms with Crippen LogP contribution >= 0.6 is 0 Å². The lowest BCUT2D eigenvalue weighted by Gasteiger charge is -2.08. The van der Waals surface area contributed by atoms with Crippen LogP contribution in [-0.4, -0.2) is 20.4 Å². The summed E-state index contributed by atoms with van der Waals surface area (Å²) in [6.07, 6.45) is 3.97. The van der Waals surface area contributed by atoms with Gasteiger partial charge in [-0.2, -0.15) is 0 Å². The van der Waals surface area contributed by atoms with E-state index in [2.05, 4.69) is 15.5 Å². The molecule has 3 aromatic heterocycles. The van der Waals surface area contributed by atoms with Gasteiger partial charge in [-0.1, -0.05) is 17.3 Å². The van der Waals surface area contributed by atoms with Gasteiger partial charge >= 0.3 is 0 Å². The van der Waals surface area contributed by atoms with Gasteiger partial charge in [0.2, 0.25) is 0 Å². The van der Waals surface area contributed by atoms with Crippen LogP contribution in [0, 0.1) is 20.8 Å². The van der Waals surface area contributed by atoms with Crippen LogP contribution in [0.2, 0.25) is 0 Å². The number of nitrogens with zero attached hydrogens (tertiary/aromatic N) is 3. The van der Waals surface area contributed by atoms with Crippen molar-refractivity contribution in [3.8, 4) is 11.3 Å². The highest BCUT2D eigenvalue weighted by Crippen LogP contribution is 2.26. The van der Waals surface area contributed by atoms with Crippen molar-refractivity contribution in [2.75, 3.05) is 5.32 Å². The number of benzene rings is 1. The van der Waals surface area contributed by atoms with Crippen molar-refractivity contribution in [1.82, 2.24) is 14.5 Å². The van der Waals surface area contributed by atoms with Crippen LogP contribution in [0.1, 0.15) is 27.4 Å². The number of hydrogen-bond acceptors (Lipinski definition) is 4. The molecule has 4 rings (SSSR count). The molecule has 1 aromatic carbocycles. The first-order valence-electron chi connectivity index (χ1n) is 8.31. The minimum atomic E-state index is -0.298. The maximum atomic E-state index is 12.4. The van der Waals surface area contributed by atoms with Crippen LogP contribution in [0.5, 0.6) is 0 Å². The summed E-state index contributed by atoms with van der Waals surface area (Å²) in [7, 11) is 0. The lowest BCUT2D eigenvalue weighted by Crippen LogP contribution is -2.13. The Morgan fingerprint density at radius 2 is 1.96 bits per heavy atom. The molecule has 0 saturated heterocycles. The van der Waals surface area contributed by atoms with Gasteiger partial charge in [0.05, 0.1) is 5.69 Å². The molecule has 0 atom stereocenters. The van der Waals surface area contributed by atoms with Gasteiger partial charge in [0.1, 0.15) is 11.4 Å². The smallest absolute Gasteiger partial charge is 0.277 e.